The largest absolute Gasteiger partial charge is 0.276 e. The number of rotatable bonds is 2. The Hall–Kier alpha value is -2.66. The van der Waals surface area contributed by atoms with Crippen molar-refractivity contribution in [2.45, 2.75) is 0 Å². The minimum absolute atomic E-state index is 0.0976. The van der Waals surface area contributed by atoms with Crippen molar-refractivity contribution in [3.63, 3.8) is 0 Å². The Bertz CT molecular complexity index is 966. The van der Waals surface area contributed by atoms with Gasteiger partial charge in [-0.3, -0.25) is 9.17 Å². The van der Waals surface area contributed by atoms with Gasteiger partial charge in [0.05, 0.1) is 11.7 Å². The van der Waals surface area contributed by atoms with Crippen LogP contribution in [-0.2, 0) is 0 Å². The van der Waals surface area contributed by atoms with E-state index >= 15 is 0 Å². The molecule has 4 rings (SSSR count). The second kappa shape index (κ2) is 4.71. The normalized spacial score (nSPS) is 11.0. The lowest BCUT2D eigenvalue weighted by Crippen LogP contribution is -1.96. The standard InChI is InChI=1S/C16H11N3OS/c20-15-9-16(21-18-15)19-14-7-6-12(8-13(14)10-17-19)11-4-2-1-3-5-11/h1-10H,(H,18,20). The van der Waals surface area contributed by atoms with Crippen LogP contribution in [0.5, 0.6) is 0 Å². The van der Waals surface area contributed by atoms with Crippen LogP contribution in [0.3, 0.4) is 0 Å². The third kappa shape index (κ3) is 2.08. The monoisotopic (exact) mass is 293 g/mol. The highest BCUT2D eigenvalue weighted by Crippen LogP contribution is 2.26. The highest BCUT2D eigenvalue weighted by molar-refractivity contribution is 7.08. The van der Waals surface area contributed by atoms with E-state index in [9.17, 15) is 4.79 Å². The lowest BCUT2D eigenvalue weighted by Gasteiger charge is -2.03. The van der Waals surface area contributed by atoms with Gasteiger partial charge in [0.25, 0.3) is 5.56 Å². The minimum atomic E-state index is -0.0976. The molecule has 0 radical (unpaired) electrons. The van der Waals surface area contributed by atoms with Gasteiger partial charge < -0.3 is 0 Å². The first-order chi connectivity index (χ1) is 10.3. The summed E-state index contributed by atoms with van der Waals surface area (Å²) in [5.41, 5.74) is 3.23. The van der Waals surface area contributed by atoms with Crippen LogP contribution in [0.4, 0.5) is 0 Å². The quantitative estimate of drug-likeness (QED) is 0.615. The number of hydrogen-bond donors (Lipinski definition) is 1. The molecule has 2 aromatic heterocycles. The van der Waals surface area contributed by atoms with E-state index in [2.05, 4.69) is 33.7 Å². The maximum atomic E-state index is 11.3. The van der Waals surface area contributed by atoms with Crippen molar-refractivity contribution in [2.75, 3.05) is 0 Å². The van der Waals surface area contributed by atoms with Crippen LogP contribution in [-0.4, -0.2) is 14.2 Å². The molecule has 4 nitrogen and oxygen atoms in total. The summed E-state index contributed by atoms with van der Waals surface area (Å²) in [5.74, 6) is 0. The van der Waals surface area contributed by atoms with Gasteiger partial charge in [0.2, 0.25) is 0 Å². The van der Waals surface area contributed by atoms with Crippen LogP contribution in [0.2, 0.25) is 0 Å². The summed E-state index contributed by atoms with van der Waals surface area (Å²) in [6, 6.07) is 18.0. The molecule has 0 bridgehead atoms. The molecule has 21 heavy (non-hydrogen) atoms. The molecule has 0 saturated carbocycles. The molecule has 0 aliphatic heterocycles. The third-order valence-electron chi connectivity index (χ3n) is 3.39. The molecule has 1 N–H and O–H groups in total. The summed E-state index contributed by atoms with van der Waals surface area (Å²) in [4.78, 5) is 11.3. The first kappa shape index (κ1) is 12.1. The average Bonchev–Trinajstić information content (AvgIpc) is 3.13. The van der Waals surface area contributed by atoms with Crippen molar-refractivity contribution in [1.82, 2.24) is 14.2 Å². The molecule has 0 saturated heterocycles. The molecule has 5 heteroatoms. The molecule has 0 aliphatic rings. The van der Waals surface area contributed by atoms with Crippen molar-refractivity contribution in [3.05, 3.63) is 71.1 Å². The summed E-state index contributed by atoms with van der Waals surface area (Å²) in [5, 5.41) is 6.23. The van der Waals surface area contributed by atoms with Crippen LogP contribution in [0.1, 0.15) is 0 Å². The molecule has 0 atom stereocenters. The zero-order valence-electron chi connectivity index (χ0n) is 11.0. The van der Waals surface area contributed by atoms with Crippen LogP contribution in [0.25, 0.3) is 27.0 Å². The number of hydrogen-bond acceptors (Lipinski definition) is 3. The van der Waals surface area contributed by atoms with Gasteiger partial charge in [0, 0.05) is 11.5 Å². The van der Waals surface area contributed by atoms with Gasteiger partial charge in [-0.2, -0.15) is 5.10 Å². The third-order valence-corrected chi connectivity index (χ3v) is 4.20. The van der Waals surface area contributed by atoms with E-state index in [1.54, 1.807) is 10.7 Å². The molecular weight excluding hydrogens is 282 g/mol. The van der Waals surface area contributed by atoms with Gasteiger partial charge >= 0.3 is 0 Å². The van der Waals surface area contributed by atoms with Crippen molar-refractivity contribution >= 4 is 22.4 Å². The zero-order valence-corrected chi connectivity index (χ0v) is 11.8. The maximum Gasteiger partial charge on any atom is 0.260 e. The Morgan fingerprint density at radius 2 is 1.86 bits per heavy atom. The molecular formula is C16H11N3OS. The van der Waals surface area contributed by atoms with Crippen molar-refractivity contribution in [3.8, 4) is 16.1 Å². The van der Waals surface area contributed by atoms with Gasteiger partial charge in [-0.25, -0.2) is 4.68 Å². The average molecular weight is 293 g/mol. The van der Waals surface area contributed by atoms with Crippen molar-refractivity contribution < 1.29 is 0 Å². The summed E-state index contributed by atoms with van der Waals surface area (Å²) in [6.07, 6.45) is 1.83. The number of aromatic amines is 1. The van der Waals surface area contributed by atoms with Gasteiger partial charge in [-0.15, -0.1) is 0 Å². The maximum absolute atomic E-state index is 11.3. The fraction of sp³-hybridized carbons (Fsp3) is 0. The van der Waals surface area contributed by atoms with Gasteiger partial charge in [-0.1, -0.05) is 36.4 Å². The smallest absolute Gasteiger partial charge is 0.260 e. The predicted molar refractivity (Wildman–Crippen MR) is 85.0 cm³/mol. The summed E-state index contributed by atoms with van der Waals surface area (Å²) >= 11 is 1.29. The molecule has 0 spiro atoms. The number of H-pyrrole nitrogens is 1. The fourth-order valence-electron chi connectivity index (χ4n) is 2.40. The Morgan fingerprint density at radius 1 is 1.00 bits per heavy atom. The van der Waals surface area contributed by atoms with E-state index in [1.165, 1.54) is 17.1 Å². The van der Waals surface area contributed by atoms with Gasteiger partial charge in [-0.05, 0) is 34.8 Å². The lowest BCUT2D eigenvalue weighted by molar-refractivity contribution is 0.928. The SMILES string of the molecule is O=c1cc(-n2ncc3cc(-c4ccccc4)ccc32)s[nH]1. The van der Waals surface area contributed by atoms with Crippen molar-refractivity contribution in [1.29, 1.82) is 0 Å². The first-order valence-corrected chi connectivity index (χ1v) is 7.35. The fourth-order valence-corrected chi connectivity index (χ4v) is 3.06. The second-order valence-corrected chi connectivity index (χ2v) is 5.57. The molecule has 4 aromatic rings. The molecule has 102 valence electrons. The lowest BCUT2D eigenvalue weighted by atomic mass is 10.0. The van der Waals surface area contributed by atoms with E-state index in [0.717, 1.165) is 21.5 Å². The van der Waals surface area contributed by atoms with Crippen LogP contribution in [0.15, 0.2) is 65.6 Å². The van der Waals surface area contributed by atoms with E-state index in [1.807, 2.05) is 30.5 Å². The zero-order chi connectivity index (χ0) is 14.2. The van der Waals surface area contributed by atoms with E-state index < -0.39 is 0 Å². The highest BCUT2D eigenvalue weighted by atomic mass is 32.1. The number of nitrogens with zero attached hydrogens (tertiary/aromatic N) is 2. The molecule has 0 fully saturated rings. The Labute approximate surface area is 124 Å². The molecule has 2 heterocycles. The Balaban J connectivity index is 1.86. The first-order valence-electron chi connectivity index (χ1n) is 6.53. The topological polar surface area (TPSA) is 50.7 Å². The van der Waals surface area contributed by atoms with Crippen LogP contribution in [0, 0.1) is 0 Å². The number of nitrogens with one attached hydrogen (secondary N) is 1. The van der Waals surface area contributed by atoms with E-state index in [-0.39, 0.29) is 5.56 Å². The number of benzene rings is 2. The highest BCUT2D eigenvalue weighted by Gasteiger charge is 2.08. The van der Waals surface area contributed by atoms with Gasteiger partial charge in [0.1, 0.15) is 5.00 Å². The van der Waals surface area contributed by atoms with E-state index in [4.69, 9.17) is 0 Å². The molecule has 0 aliphatic carbocycles. The van der Waals surface area contributed by atoms with E-state index in [0.29, 0.717) is 0 Å². The molecule has 0 unspecified atom stereocenters. The number of fused-ring (bicyclic) bond motifs is 1. The van der Waals surface area contributed by atoms with Crippen LogP contribution >= 0.6 is 11.5 Å². The molecule has 2 aromatic carbocycles. The summed E-state index contributed by atoms with van der Waals surface area (Å²) < 4.78 is 4.47. The van der Waals surface area contributed by atoms with Crippen LogP contribution < -0.4 is 5.56 Å². The second-order valence-electron chi connectivity index (χ2n) is 4.75. The Kier molecular flexibility index (Phi) is 2.72. The predicted octanol–water partition coefficient (Wildman–Crippen LogP) is 3.44. The summed E-state index contributed by atoms with van der Waals surface area (Å²) in [7, 11) is 0. The van der Waals surface area contributed by atoms with Gasteiger partial charge in [0.15, 0.2) is 0 Å². The Morgan fingerprint density at radius 3 is 2.62 bits per heavy atom. The van der Waals surface area contributed by atoms with Crippen molar-refractivity contribution in [2.24, 2.45) is 0 Å². The summed E-state index contributed by atoms with van der Waals surface area (Å²) in [6.45, 7) is 0. The number of aromatic nitrogens is 3. The minimum Gasteiger partial charge on any atom is -0.276 e. The molecule has 0 amide bonds.